The highest BCUT2D eigenvalue weighted by Crippen LogP contribution is 2.47. The second kappa shape index (κ2) is 13.7. The fourth-order valence-electron chi connectivity index (χ4n) is 6.86. The van der Waals surface area contributed by atoms with E-state index in [0.717, 1.165) is 11.1 Å². The van der Waals surface area contributed by atoms with Crippen molar-refractivity contribution in [1.29, 1.82) is 0 Å². The van der Waals surface area contributed by atoms with Crippen LogP contribution >= 0.6 is 0 Å². The van der Waals surface area contributed by atoms with Gasteiger partial charge in [-0.15, -0.1) is 0 Å². The lowest BCUT2D eigenvalue weighted by Crippen LogP contribution is -2.60. The summed E-state index contributed by atoms with van der Waals surface area (Å²) in [5.74, 6) is -0.892. The average Bonchev–Trinajstić information content (AvgIpc) is 3.02. The molecule has 7 N–H and O–H groups in total. The van der Waals surface area contributed by atoms with Crippen molar-refractivity contribution in [2.75, 3.05) is 19.0 Å². The number of fused-ring (bicyclic) bond motifs is 2. The van der Waals surface area contributed by atoms with E-state index in [1.165, 1.54) is 7.11 Å². The summed E-state index contributed by atoms with van der Waals surface area (Å²) in [7, 11) is -1.49. The van der Waals surface area contributed by atoms with E-state index in [1.54, 1.807) is 36.2 Å². The number of aliphatic hydroxyl groups is 5. The predicted octanol–water partition coefficient (Wildman–Crippen LogP) is 0.413. The smallest absolute Gasteiger partial charge is 0.256 e. The lowest BCUT2D eigenvalue weighted by atomic mass is 9.86. The number of nitrogens with zero attached hydrogens (tertiary/aromatic N) is 1. The number of nitrogens with one attached hydrogen (secondary N) is 1. The first-order chi connectivity index (χ1) is 21.7. The Balaban J connectivity index is 1.35. The third kappa shape index (κ3) is 6.72. The number of rotatable bonds is 8. The molecule has 10 atom stereocenters. The van der Waals surface area contributed by atoms with Crippen LogP contribution in [0.4, 0.5) is 5.69 Å². The van der Waals surface area contributed by atoms with Crippen molar-refractivity contribution < 1.29 is 54.1 Å². The van der Waals surface area contributed by atoms with Gasteiger partial charge in [0, 0.05) is 42.8 Å². The molecule has 0 saturated carbocycles. The zero-order valence-corrected chi connectivity index (χ0v) is 27.3. The van der Waals surface area contributed by atoms with Gasteiger partial charge in [0.2, 0.25) is 5.91 Å². The molecular formula is C32H44N2O11Si. The molecule has 1 fully saturated rings. The van der Waals surface area contributed by atoms with E-state index in [9.17, 15) is 39.9 Å². The molecule has 46 heavy (non-hydrogen) atoms. The third-order valence-electron chi connectivity index (χ3n) is 9.53. The summed E-state index contributed by atoms with van der Waals surface area (Å²) in [5, 5.41) is 52.5. The van der Waals surface area contributed by atoms with Gasteiger partial charge >= 0.3 is 0 Å². The Morgan fingerprint density at radius 3 is 2.41 bits per heavy atom. The van der Waals surface area contributed by atoms with Crippen LogP contribution < -0.4 is 10.1 Å². The van der Waals surface area contributed by atoms with Crippen molar-refractivity contribution in [3.63, 3.8) is 0 Å². The Bertz CT molecular complexity index is 1420. The molecule has 0 spiro atoms. The molecule has 252 valence electrons. The van der Waals surface area contributed by atoms with Crippen LogP contribution in [0.5, 0.6) is 5.75 Å². The number of anilines is 1. The van der Waals surface area contributed by atoms with Crippen LogP contribution in [0.25, 0.3) is 0 Å². The summed E-state index contributed by atoms with van der Waals surface area (Å²) in [6.45, 7) is 5.68. The fraction of sp³-hybridized carbons (Fsp3) is 0.562. The van der Waals surface area contributed by atoms with Gasteiger partial charge in [0.05, 0.1) is 18.8 Å². The number of ether oxygens (including phenoxy) is 3. The van der Waals surface area contributed by atoms with Gasteiger partial charge in [-0.25, -0.2) is 0 Å². The number of benzene rings is 2. The second-order valence-corrected chi connectivity index (χ2v) is 17.1. The highest BCUT2D eigenvalue weighted by molar-refractivity contribution is 6.71. The summed E-state index contributed by atoms with van der Waals surface area (Å²) >= 11 is 0. The first-order valence-electron chi connectivity index (χ1n) is 15.5. The lowest BCUT2D eigenvalue weighted by molar-refractivity contribution is -0.274. The molecule has 2 aromatic carbocycles. The first-order valence-corrected chi connectivity index (χ1v) is 18.5. The van der Waals surface area contributed by atoms with Crippen LogP contribution in [0.2, 0.25) is 18.6 Å². The van der Waals surface area contributed by atoms with E-state index >= 15 is 0 Å². The van der Waals surface area contributed by atoms with Gasteiger partial charge in [-0.1, -0.05) is 31.2 Å². The molecule has 3 aliphatic heterocycles. The second-order valence-electron chi connectivity index (χ2n) is 13.1. The van der Waals surface area contributed by atoms with Crippen LogP contribution in [-0.4, -0.2) is 112 Å². The number of aliphatic hydroxyl groups excluding tert-OH is 5. The molecule has 2 amide bonds. The monoisotopic (exact) mass is 660 g/mol. The minimum atomic E-state index is -3.03. The highest BCUT2D eigenvalue weighted by atomic mass is 28.4. The molecule has 1 unspecified atom stereocenters. The van der Waals surface area contributed by atoms with Gasteiger partial charge in [0.15, 0.2) is 20.7 Å². The molecule has 3 aliphatic rings. The molecule has 5 rings (SSSR count). The zero-order chi connectivity index (χ0) is 33.5. The zero-order valence-electron chi connectivity index (χ0n) is 26.3. The van der Waals surface area contributed by atoms with Crippen LogP contribution in [0.15, 0.2) is 42.5 Å². The molecule has 0 radical (unpaired) electrons. The van der Waals surface area contributed by atoms with Crippen LogP contribution in [0, 0.1) is 5.92 Å². The van der Waals surface area contributed by atoms with Crippen molar-refractivity contribution in [2.45, 2.75) is 93.9 Å². The van der Waals surface area contributed by atoms with E-state index in [1.807, 2.05) is 31.2 Å². The maximum absolute atomic E-state index is 13.9. The number of amides is 2. The Morgan fingerprint density at radius 1 is 1.07 bits per heavy atom. The minimum absolute atomic E-state index is 0.0272. The van der Waals surface area contributed by atoms with E-state index in [0.29, 0.717) is 30.0 Å². The highest BCUT2D eigenvalue weighted by Gasteiger charge is 2.49. The van der Waals surface area contributed by atoms with Crippen molar-refractivity contribution in [3.05, 3.63) is 59.2 Å². The van der Waals surface area contributed by atoms with Gasteiger partial charge in [0.25, 0.3) is 5.91 Å². The van der Waals surface area contributed by atoms with E-state index in [-0.39, 0.29) is 30.9 Å². The van der Waals surface area contributed by atoms with Gasteiger partial charge in [-0.3, -0.25) is 9.59 Å². The molecule has 2 aromatic rings. The predicted molar refractivity (Wildman–Crippen MR) is 167 cm³/mol. The molecule has 0 aromatic heterocycles. The van der Waals surface area contributed by atoms with Gasteiger partial charge in [-0.05, 0) is 48.8 Å². The Kier molecular flexibility index (Phi) is 10.2. The SMILES string of the molecule is CO[C@@H]1c2cc(NC(=O)[C@H]3O[C@@H](O)[C@H](O)[C@@H](O)[C@@H]3O)ccc2O[C@H](C(CC(=O)N2Cc3ccccc3C[C@H]2CO)[Si](C)(C)O)[C@H]1C. The summed E-state index contributed by atoms with van der Waals surface area (Å²) in [5.41, 5.74) is 2.53. The van der Waals surface area contributed by atoms with Crippen LogP contribution in [0.1, 0.15) is 36.1 Å². The molecule has 0 bridgehead atoms. The number of methoxy groups -OCH3 is 1. The van der Waals surface area contributed by atoms with Crippen molar-refractivity contribution in [2.24, 2.45) is 5.92 Å². The van der Waals surface area contributed by atoms with E-state index in [4.69, 9.17) is 14.2 Å². The molecule has 13 nitrogen and oxygen atoms in total. The Morgan fingerprint density at radius 2 is 1.76 bits per heavy atom. The Hall–Kier alpha value is -2.92. The molecular weight excluding hydrogens is 616 g/mol. The normalized spacial score (nSPS) is 31.7. The molecule has 1 saturated heterocycles. The molecule has 3 heterocycles. The maximum atomic E-state index is 13.9. The fourth-order valence-corrected chi connectivity index (χ4v) is 8.71. The summed E-state index contributed by atoms with van der Waals surface area (Å²) in [6, 6.07) is 12.3. The largest absolute Gasteiger partial charge is 0.490 e. The lowest BCUT2D eigenvalue weighted by Gasteiger charge is -2.44. The maximum Gasteiger partial charge on any atom is 0.256 e. The number of carbonyl (C=O) groups excluding carboxylic acids is 2. The quantitative estimate of drug-likeness (QED) is 0.194. The van der Waals surface area contributed by atoms with Gasteiger partial charge in [0.1, 0.15) is 30.2 Å². The Labute approximate surface area is 268 Å². The molecule has 0 aliphatic carbocycles. The standard InChI is InChI=1S/C32H44N2O11Si/c1-16-28(43-2)21-12-19(33-31(40)30-26(38)25(37)27(39)32(41)45-30)9-10-22(21)44-29(16)23(46(3,4)42)13-24(36)34-14-18-8-6-5-7-17(18)11-20(34)15-35/h5-10,12,16,20,23,25-30,32,35,37-39,41-42H,11,13-15H2,1-4H3,(H,33,40)/t16-,20-,23?,25-,26-,27+,28-,29-,30-,32+/m0/s1. The van der Waals surface area contributed by atoms with Crippen molar-refractivity contribution in [1.82, 2.24) is 4.90 Å². The summed E-state index contributed by atoms with van der Waals surface area (Å²) in [6.07, 6.45) is -9.38. The minimum Gasteiger partial charge on any atom is -0.490 e. The van der Waals surface area contributed by atoms with Crippen molar-refractivity contribution >= 4 is 25.8 Å². The topological polar surface area (TPSA) is 198 Å². The number of carbonyl (C=O) groups is 2. The summed E-state index contributed by atoms with van der Waals surface area (Å²) in [4.78, 5) is 40.0. The van der Waals surface area contributed by atoms with Crippen LogP contribution in [0.3, 0.4) is 0 Å². The first kappa shape index (κ1) is 34.4. The third-order valence-corrected chi connectivity index (χ3v) is 11.9. The average molecular weight is 661 g/mol. The van der Waals surface area contributed by atoms with E-state index < -0.39 is 62.7 Å². The van der Waals surface area contributed by atoms with Gasteiger partial charge < -0.3 is 54.8 Å². The van der Waals surface area contributed by atoms with Crippen LogP contribution in [-0.2, 0) is 32.0 Å². The van der Waals surface area contributed by atoms with Gasteiger partial charge in [-0.2, -0.15) is 0 Å². The molecule has 14 heteroatoms. The number of hydrogen-bond acceptors (Lipinski definition) is 11. The summed E-state index contributed by atoms with van der Waals surface area (Å²) < 4.78 is 17.4. The van der Waals surface area contributed by atoms with Crippen molar-refractivity contribution in [3.8, 4) is 5.75 Å². The number of hydrogen-bond donors (Lipinski definition) is 7. The van der Waals surface area contributed by atoms with E-state index in [2.05, 4.69) is 5.32 Å².